The Morgan fingerprint density at radius 1 is 1.21 bits per heavy atom. The van der Waals surface area contributed by atoms with E-state index in [1.54, 1.807) is 11.1 Å². The molecule has 2 aliphatic heterocycles. The van der Waals surface area contributed by atoms with Crippen LogP contribution < -0.4 is 5.32 Å². The first-order valence-corrected chi connectivity index (χ1v) is 11.9. The summed E-state index contributed by atoms with van der Waals surface area (Å²) >= 11 is 0. The fourth-order valence-electron chi connectivity index (χ4n) is 4.43. The van der Waals surface area contributed by atoms with Gasteiger partial charge in [-0.15, -0.1) is 0 Å². The average Bonchev–Trinajstić information content (AvgIpc) is 3.32. The summed E-state index contributed by atoms with van der Waals surface area (Å²) in [4.78, 5) is 27.0. The summed E-state index contributed by atoms with van der Waals surface area (Å²) in [5.41, 5.74) is 2.62. The molecule has 1 amide bonds. The van der Waals surface area contributed by atoms with Crippen LogP contribution in [0.15, 0.2) is 18.5 Å². The minimum Gasteiger partial charge on any atom is -0.346 e. The van der Waals surface area contributed by atoms with Crippen molar-refractivity contribution < 1.29 is 13.2 Å². The summed E-state index contributed by atoms with van der Waals surface area (Å²) in [6.45, 7) is 2.39. The molecule has 5 heterocycles. The molecule has 29 heavy (non-hydrogen) atoms. The number of nitrogens with zero attached hydrogens (tertiary/aromatic N) is 4. The van der Waals surface area contributed by atoms with Crippen molar-refractivity contribution >= 4 is 37.8 Å². The van der Waals surface area contributed by atoms with Crippen molar-refractivity contribution in [3.05, 3.63) is 24.3 Å². The van der Waals surface area contributed by atoms with Crippen LogP contribution in [0, 0.1) is 0 Å². The normalized spacial score (nSPS) is 20.5. The molecular formula is C19H24N6O3S. The minimum absolute atomic E-state index is 0.0390. The molecule has 2 aliphatic rings. The van der Waals surface area contributed by atoms with Gasteiger partial charge in [0, 0.05) is 30.7 Å². The number of aromatic nitrogens is 4. The van der Waals surface area contributed by atoms with E-state index in [1.165, 1.54) is 0 Å². The molecule has 2 saturated heterocycles. The molecule has 0 atom stereocenters. The second kappa shape index (κ2) is 7.10. The average molecular weight is 417 g/mol. The molecule has 0 radical (unpaired) electrons. The lowest BCUT2D eigenvalue weighted by molar-refractivity contribution is -0.130. The van der Waals surface area contributed by atoms with Gasteiger partial charge < -0.3 is 19.8 Å². The minimum atomic E-state index is -3.02. The Bertz CT molecular complexity index is 1160. The molecule has 2 N–H and O–H groups in total. The zero-order chi connectivity index (χ0) is 20.0. The molecule has 0 saturated carbocycles. The molecule has 3 aromatic rings. The van der Waals surface area contributed by atoms with E-state index in [-0.39, 0.29) is 43.0 Å². The van der Waals surface area contributed by atoms with Gasteiger partial charge in [-0.2, -0.15) is 0 Å². The van der Waals surface area contributed by atoms with E-state index < -0.39 is 9.84 Å². The van der Waals surface area contributed by atoms with Gasteiger partial charge in [-0.25, -0.2) is 18.4 Å². The molecule has 3 aromatic heterocycles. The smallest absolute Gasteiger partial charge is 0.230 e. The number of carbonyl (C=O) groups excluding carboxylic acids is 1. The van der Waals surface area contributed by atoms with Crippen molar-refractivity contribution in [1.29, 1.82) is 0 Å². The third-order valence-corrected chi connectivity index (χ3v) is 7.60. The number of sulfone groups is 1. The molecule has 0 aromatic carbocycles. The van der Waals surface area contributed by atoms with E-state index >= 15 is 0 Å². The van der Waals surface area contributed by atoms with Crippen molar-refractivity contribution in [3.8, 4) is 0 Å². The number of carbonyl (C=O) groups is 1. The highest BCUT2D eigenvalue weighted by molar-refractivity contribution is 7.91. The number of hydrogen-bond acceptors (Lipinski definition) is 6. The van der Waals surface area contributed by atoms with Gasteiger partial charge >= 0.3 is 0 Å². The van der Waals surface area contributed by atoms with E-state index in [4.69, 9.17) is 4.98 Å². The lowest BCUT2D eigenvalue weighted by Crippen LogP contribution is -2.44. The zero-order valence-electron chi connectivity index (χ0n) is 16.1. The second-order valence-electron chi connectivity index (χ2n) is 7.82. The van der Waals surface area contributed by atoms with Gasteiger partial charge in [-0.1, -0.05) is 0 Å². The lowest BCUT2D eigenvalue weighted by atomic mass is 10.1. The zero-order valence-corrected chi connectivity index (χ0v) is 16.9. The van der Waals surface area contributed by atoms with Crippen LogP contribution in [-0.4, -0.2) is 76.4 Å². The highest BCUT2D eigenvalue weighted by atomic mass is 32.2. The summed E-state index contributed by atoms with van der Waals surface area (Å²) in [7, 11) is -3.02. The number of fused-ring (bicyclic) bond motifs is 3. The predicted molar refractivity (Wildman–Crippen MR) is 109 cm³/mol. The largest absolute Gasteiger partial charge is 0.346 e. The molecule has 0 aliphatic carbocycles. The van der Waals surface area contributed by atoms with E-state index in [1.807, 2.05) is 12.3 Å². The maximum absolute atomic E-state index is 12.9. The number of pyridine rings is 1. The van der Waals surface area contributed by atoms with Crippen LogP contribution in [-0.2, 0) is 21.1 Å². The quantitative estimate of drug-likeness (QED) is 0.648. The molecule has 10 heteroatoms. The highest BCUT2D eigenvalue weighted by Gasteiger charge is 2.28. The molecule has 0 bridgehead atoms. The van der Waals surface area contributed by atoms with Crippen molar-refractivity contribution in [1.82, 2.24) is 29.7 Å². The Hall–Kier alpha value is -2.46. The first kappa shape index (κ1) is 18.6. The van der Waals surface area contributed by atoms with E-state index in [0.717, 1.165) is 53.8 Å². The monoisotopic (exact) mass is 416 g/mol. The number of H-pyrrole nitrogens is 1. The van der Waals surface area contributed by atoms with Crippen LogP contribution in [0.4, 0.5) is 0 Å². The molecule has 0 unspecified atom stereocenters. The van der Waals surface area contributed by atoms with Gasteiger partial charge in [0.05, 0.1) is 29.6 Å². The number of piperidine rings is 1. The van der Waals surface area contributed by atoms with E-state index in [9.17, 15) is 13.2 Å². The SMILES string of the molecule is O=C(Cc1nc2cnc3[nH]ccc3c2n1C1CCNCC1)N1CCS(=O)(=O)CC1. The summed E-state index contributed by atoms with van der Waals surface area (Å²) in [6, 6.07) is 2.27. The fraction of sp³-hybridized carbons (Fsp3) is 0.526. The Morgan fingerprint density at radius 3 is 2.72 bits per heavy atom. The first-order chi connectivity index (χ1) is 14.0. The van der Waals surface area contributed by atoms with Crippen molar-refractivity contribution in [2.75, 3.05) is 37.7 Å². The maximum atomic E-state index is 12.9. The Kier molecular flexibility index (Phi) is 4.54. The number of imidazole rings is 1. The standard InChI is InChI=1S/C19H24N6O3S/c26-17(24-7-9-29(27,28)10-8-24)11-16-23-15-12-22-19-14(3-6-21-19)18(15)25(16)13-1-4-20-5-2-13/h3,6,12-13,20H,1-2,4-5,7-11H2,(H,21,22). The topological polar surface area (TPSA) is 113 Å². The predicted octanol–water partition coefficient (Wildman–Crippen LogP) is 0.637. The fourth-order valence-corrected chi connectivity index (χ4v) is 5.63. The Morgan fingerprint density at radius 2 is 1.97 bits per heavy atom. The summed E-state index contributed by atoms with van der Waals surface area (Å²) in [6.07, 6.45) is 5.75. The van der Waals surface area contributed by atoms with Gasteiger partial charge in [0.1, 0.15) is 17.0 Å². The Labute approximate surface area is 168 Å². The number of nitrogens with one attached hydrogen (secondary N) is 2. The number of hydrogen-bond donors (Lipinski definition) is 2. The molecule has 2 fully saturated rings. The van der Waals surface area contributed by atoms with Crippen LogP contribution in [0.25, 0.3) is 22.1 Å². The molecule has 5 rings (SSSR count). The van der Waals surface area contributed by atoms with Gasteiger partial charge in [-0.3, -0.25) is 4.79 Å². The van der Waals surface area contributed by atoms with Gasteiger partial charge in [0.15, 0.2) is 9.84 Å². The van der Waals surface area contributed by atoms with Crippen LogP contribution in [0.3, 0.4) is 0 Å². The molecule has 0 spiro atoms. The van der Waals surface area contributed by atoms with Gasteiger partial charge in [-0.05, 0) is 32.0 Å². The number of amides is 1. The molecule has 154 valence electrons. The summed E-state index contributed by atoms with van der Waals surface area (Å²) < 4.78 is 25.6. The van der Waals surface area contributed by atoms with Crippen LogP contribution in [0.5, 0.6) is 0 Å². The lowest BCUT2D eigenvalue weighted by Gasteiger charge is -2.28. The highest BCUT2D eigenvalue weighted by Crippen LogP contribution is 2.31. The van der Waals surface area contributed by atoms with Crippen molar-refractivity contribution in [2.45, 2.75) is 25.3 Å². The summed E-state index contributed by atoms with van der Waals surface area (Å²) in [5.74, 6) is 0.749. The van der Waals surface area contributed by atoms with Crippen molar-refractivity contribution in [2.24, 2.45) is 0 Å². The second-order valence-corrected chi connectivity index (χ2v) is 10.1. The van der Waals surface area contributed by atoms with E-state index in [2.05, 4.69) is 19.9 Å². The van der Waals surface area contributed by atoms with Gasteiger partial charge in [0.25, 0.3) is 0 Å². The molecule has 9 nitrogen and oxygen atoms in total. The van der Waals surface area contributed by atoms with Gasteiger partial charge in [0.2, 0.25) is 5.91 Å². The first-order valence-electron chi connectivity index (χ1n) is 10.0. The maximum Gasteiger partial charge on any atom is 0.230 e. The third kappa shape index (κ3) is 3.40. The third-order valence-electron chi connectivity index (χ3n) is 5.99. The van der Waals surface area contributed by atoms with Crippen molar-refractivity contribution in [3.63, 3.8) is 0 Å². The van der Waals surface area contributed by atoms with Crippen LogP contribution in [0.1, 0.15) is 24.7 Å². The van der Waals surface area contributed by atoms with E-state index in [0.29, 0.717) is 0 Å². The molecular weight excluding hydrogens is 392 g/mol. The number of aromatic amines is 1. The summed E-state index contributed by atoms with van der Waals surface area (Å²) in [5, 5.41) is 4.40. The van der Waals surface area contributed by atoms with Crippen LogP contribution in [0.2, 0.25) is 0 Å². The number of rotatable bonds is 3. The van der Waals surface area contributed by atoms with Crippen LogP contribution >= 0.6 is 0 Å². The Balaban J connectivity index is 1.53.